The van der Waals surface area contributed by atoms with Crippen LogP contribution >= 0.6 is 0 Å². The standard InChI is InChI=1S/C13H21N5O2/c1-2-14-13(17-9-11-5-8-20-18-11)16-7-6-15-12(19)10-3-4-10/h5,8,10H,2-4,6-7,9H2,1H3,(H,15,19)(H2,14,16,17). The summed E-state index contributed by atoms with van der Waals surface area (Å²) in [7, 11) is 0. The second-order valence-corrected chi connectivity index (χ2v) is 4.68. The minimum absolute atomic E-state index is 0.163. The minimum atomic E-state index is 0.163. The lowest BCUT2D eigenvalue weighted by molar-refractivity contribution is -0.122. The van der Waals surface area contributed by atoms with Gasteiger partial charge in [-0.05, 0) is 19.8 Å². The van der Waals surface area contributed by atoms with E-state index in [1.807, 2.05) is 6.92 Å². The van der Waals surface area contributed by atoms with Crippen LogP contribution in [0.3, 0.4) is 0 Å². The molecule has 20 heavy (non-hydrogen) atoms. The molecule has 1 aliphatic carbocycles. The average Bonchev–Trinajstić information content (AvgIpc) is 3.17. The first kappa shape index (κ1) is 14.4. The molecule has 2 rings (SSSR count). The fourth-order valence-electron chi connectivity index (χ4n) is 1.68. The first-order valence-corrected chi connectivity index (χ1v) is 6.98. The molecule has 1 saturated carbocycles. The van der Waals surface area contributed by atoms with Crippen molar-refractivity contribution in [2.45, 2.75) is 26.3 Å². The largest absolute Gasteiger partial charge is 0.364 e. The quantitative estimate of drug-likeness (QED) is 0.378. The van der Waals surface area contributed by atoms with Gasteiger partial charge in [-0.15, -0.1) is 0 Å². The topological polar surface area (TPSA) is 91.6 Å². The smallest absolute Gasteiger partial charge is 0.223 e. The van der Waals surface area contributed by atoms with E-state index in [0.29, 0.717) is 25.6 Å². The maximum Gasteiger partial charge on any atom is 0.223 e. The highest BCUT2D eigenvalue weighted by atomic mass is 16.5. The number of aliphatic imine (C=N–C) groups is 1. The van der Waals surface area contributed by atoms with Crippen LogP contribution in [0.15, 0.2) is 21.8 Å². The van der Waals surface area contributed by atoms with E-state index in [-0.39, 0.29) is 11.8 Å². The Labute approximate surface area is 118 Å². The fraction of sp³-hybridized carbons (Fsp3) is 0.615. The zero-order valence-electron chi connectivity index (χ0n) is 11.7. The number of nitrogens with one attached hydrogen (secondary N) is 3. The number of rotatable bonds is 7. The summed E-state index contributed by atoms with van der Waals surface area (Å²) in [5.41, 5.74) is 0.782. The van der Waals surface area contributed by atoms with Crippen LogP contribution in [0, 0.1) is 5.92 Å². The Kier molecular flexibility index (Phi) is 5.40. The molecular weight excluding hydrogens is 258 g/mol. The summed E-state index contributed by atoms with van der Waals surface area (Å²) < 4.78 is 4.75. The van der Waals surface area contributed by atoms with Crippen LogP contribution in [-0.4, -0.2) is 36.7 Å². The Hall–Kier alpha value is -2.05. The van der Waals surface area contributed by atoms with Gasteiger partial charge in [0.25, 0.3) is 0 Å². The molecule has 1 amide bonds. The molecule has 7 nitrogen and oxygen atoms in total. The van der Waals surface area contributed by atoms with Gasteiger partial charge in [0.15, 0.2) is 5.96 Å². The molecule has 0 radical (unpaired) electrons. The molecule has 3 N–H and O–H groups in total. The molecule has 0 aliphatic heterocycles. The number of aromatic nitrogens is 1. The van der Waals surface area contributed by atoms with E-state index >= 15 is 0 Å². The van der Waals surface area contributed by atoms with Crippen LogP contribution in [0.4, 0.5) is 0 Å². The van der Waals surface area contributed by atoms with Crippen molar-refractivity contribution < 1.29 is 9.32 Å². The van der Waals surface area contributed by atoms with Gasteiger partial charge < -0.3 is 20.5 Å². The van der Waals surface area contributed by atoms with Crippen LogP contribution in [0.1, 0.15) is 25.5 Å². The maximum atomic E-state index is 11.5. The lowest BCUT2D eigenvalue weighted by Crippen LogP contribution is -2.41. The van der Waals surface area contributed by atoms with Crippen molar-refractivity contribution in [1.82, 2.24) is 21.1 Å². The van der Waals surface area contributed by atoms with Gasteiger partial charge in [-0.2, -0.15) is 0 Å². The number of carbonyl (C=O) groups excluding carboxylic acids is 1. The first-order valence-electron chi connectivity index (χ1n) is 6.98. The second kappa shape index (κ2) is 7.52. The molecular formula is C13H21N5O2. The molecule has 0 aromatic carbocycles. The van der Waals surface area contributed by atoms with Crippen LogP contribution in [0.25, 0.3) is 0 Å². The van der Waals surface area contributed by atoms with Crippen LogP contribution in [-0.2, 0) is 11.3 Å². The number of hydrogen-bond acceptors (Lipinski definition) is 4. The molecule has 0 unspecified atom stereocenters. The minimum Gasteiger partial charge on any atom is -0.364 e. The van der Waals surface area contributed by atoms with Crippen LogP contribution in [0.5, 0.6) is 0 Å². The third-order valence-electron chi connectivity index (χ3n) is 2.90. The monoisotopic (exact) mass is 279 g/mol. The molecule has 1 heterocycles. The summed E-state index contributed by atoms with van der Waals surface area (Å²) in [6.45, 7) is 4.48. The first-order chi connectivity index (χ1) is 9.79. The van der Waals surface area contributed by atoms with Crippen molar-refractivity contribution in [1.29, 1.82) is 0 Å². The Morgan fingerprint density at radius 2 is 2.20 bits per heavy atom. The van der Waals surface area contributed by atoms with E-state index in [9.17, 15) is 4.79 Å². The number of amides is 1. The van der Waals surface area contributed by atoms with Gasteiger partial charge in [0, 0.05) is 31.6 Å². The van der Waals surface area contributed by atoms with E-state index in [0.717, 1.165) is 25.1 Å². The second-order valence-electron chi connectivity index (χ2n) is 4.68. The highest BCUT2D eigenvalue weighted by molar-refractivity contribution is 5.81. The summed E-state index contributed by atoms with van der Waals surface area (Å²) in [5.74, 6) is 1.12. The highest BCUT2D eigenvalue weighted by Crippen LogP contribution is 2.28. The zero-order chi connectivity index (χ0) is 14.2. The van der Waals surface area contributed by atoms with E-state index < -0.39 is 0 Å². The highest BCUT2D eigenvalue weighted by Gasteiger charge is 2.28. The number of carbonyl (C=O) groups is 1. The van der Waals surface area contributed by atoms with Crippen molar-refractivity contribution in [2.24, 2.45) is 10.9 Å². The van der Waals surface area contributed by atoms with Gasteiger partial charge in [0.05, 0.1) is 6.54 Å². The molecule has 1 aliphatic rings. The van der Waals surface area contributed by atoms with Crippen molar-refractivity contribution in [3.8, 4) is 0 Å². The lowest BCUT2D eigenvalue weighted by Gasteiger charge is -2.11. The molecule has 1 aromatic rings. The number of nitrogens with zero attached hydrogens (tertiary/aromatic N) is 2. The predicted octanol–water partition coefficient (Wildman–Crippen LogP) is 0.256. The Bertz CT molecular complexity index is 440. The predicted molar refractivity (Wildman–Crippen MR) is 75.1 cm³/mol. The summed E-state index contributed by atoms with van der Waals surface area (Å²) in [6, 6.07) is 1.78. The molecule has 0 bridgehead atoms. The summed E-state index contributed by atoms with van der Waals surface area (Å²) in [6.07, 6.45) is 3.58. The van der Waals surface area contributed by atoms with Gasteiger partial charge in [-0.25, -0.2) is 4.99 Å². The Balaban J connectivity index is 1.68. The Morgan fingerprint density at radius 1 is 1.40 bits per heavy atom. The summed E-state index contributed by atoms with van der Waals surface area (Å²) in [5, 5.41) is 13.0. The van der Waals surface area contributed by atoms with Crippen molar-refractivity contribution >= 4 is 11.9 Å². The molecule has 110 valence electrons. The molecule has 0 saturated heterocycles. The van der Waals surface area contributed by atoms with Crippen LogP contribution < -0.4 is 16.0 Å². The summed E-state index contributed by atoms with van der Waals surface area (Å²) in [4.78, 5) is 15.8. The van der Waals surface area contributed by atoms with Crippen molar-refractivity contribution in [2.75, 3.05) is 19.6 Å². The van der Waals surface area contributed by atoms with Crippen molar-refractivity contribution in [3.63, 3.8) is 0 Å². The molecule has 0 spiro atoms. The maximum absolute atomic E-state index is 11.5. The molecule has 1 aromatic heterocycles. The summed E-state index contributed by atoms with van der Waals surface area (Å²) >= 11 is 0. The van der Waals surface area contributed by atoms with Gasteiger partial charge in [-0.3, -0.25) is 4.79 Å². The normalized spacial score (nSPS) is 14.9. The van der Waals surface area contributed by atoms with E-state index in [1.165, 1.54) is 6.26 Å². The van der Waals surface area contributed by atoms with Gasteiger partial charge >= 0.3 is 0 Å². The van der Waals surface area contributed by atoms with Crippen molar-refractivity contribution in [3.05, 3.63) is 18.0 Å². The zero-order valence-corrected chi connectivity index (χ0v) is 11.7. The third kappa shape index (κ3) is 4.91. The lowest BCUT2D eigenvalue weighted by atomic mass is 10.4. The average molecular weight is 279 g/mol. The van der Waals surface area contributed by atoms with Gasteiger partial charge in [0.1, 0.15) is 12.0 Å². The fourth-order valence-corrected chi connectivity index (χ4v) is 1.68. The SMILES string of the molecule is CCNC(=NCc1ccon1)NCCNC(=O)C1CC1. The molecule has 0 atom stereocenters. The number of hydrogen-bond donors (Lipinski definition) is 3. The van der Waals surface area contributed by atoms with E-state index in [4.69, 9.17) is 4.52 Å². The third-order valence-corrected chi connectivity index (χ3v) is 2.90. The van der Waals surface area contributed by atoms with Crippen LogP contribution in [0.2, 0.25) is 0 Å². The van der Waals surface area contributed by atoms with Gasteiger partial charge in [0.2, 0.25) is 5.91 Å². The molecule has 7 heteroatoms. The van der Waals surface area contributed by atoms with E-state index in [2.05, 4.69) is 26.1 Å². The Morgan fingerprint density at radius 3 is 2.85 bits per heavy atom. The number of guanidine groups is 1. The molecule has 1 fully saturated rings. The van der Waals surface area contributed by atoms with Gasteiger partial charge in [-0.1, -0.05) is 5.16 Å². The van der Waals surface area contributed by atoms with E-state index in [1.54, 1.807) is 6.07 Å².